The Morgan fingerprint density at radius 1 is 0.607 bits per heavy atom. The normalized spacial score (nSPS) is 14.5. The van der Waals surface area contributed by atoms with E-state index in [2.05, 4.69) is 31.3 Å². The lowest BCUT2D eigenvalue weighted by atomic mass is 10.0. The first-order chi connectivity index (χ1) is 27.0. The van der Waals surface area contributed by atoms with E-state index in [0.717, 1.165) is 44.9 Å². The summed E-state index contributed by atoms with van der Waals surface area (Å²) in [5.41, 5.74) is 0. The highest BCUT2D eigenvalue weighted by molar-refractivity contribution is 7.45. The molecule has 56 heavy (non-hydrogen) atoms. The highest BCUT2D eigenvalue weighted by atomic mass is 31.2. The molecule has 0 saturated heterocycles. The fourth-order valence-electron chi connectivity index (χ4n) is 6.88. The number of amides is 1. The van der Waals surface area contributed by atoms with E-state index < -0.39 is 26.6 Å². The molecule has 0 aromatic heterocycles. The van der Waals surface area contributed by atoms with Crippen LogP contribution in [0, 0.1) is 0 Å². The molecule has 332 valence electrons. The van der Waals surface area contributed by atoms with Gasteiger partial charge in [-0.2, -0.15) is 0 Å². The van der Waals surface area contributed by atoms with E-state index in [1.54, 1.807) is 6.08 Å². The van der Waals surface area contributed by atoms with Crippen LogP contribution in [0.2, 0.25) is 0 Å². The van der Waals surface area contributed by atoms with Crippen molar-refractivity contribution in [2.75, 3.05) is 40.9 Å². The van der Waals surface area contributed by atoms with Gasteiger partial charge in [0.25, 0.3) is 7.82 Å². The molecule has 0 bridgehead atoms. The van der Waals surface area contributed by atoms with Crippen molar-refractivity contribution in [2.45, 2.75) is 231 Å². The van der Waals surface area contributed by atoms with Gasteiger partial charge in [0.2, 0.25) is 5.91 Å². The van der Waals surface area contributed by atoms with E-state index >= 15 is 0 Å². The van der Waals surface area contributed by atoms with Crippen LogP contribution >= 0.6 is 7.82 Å². The molecule has 2 N–H and O–H groups in total. The number of carbonyl (C=O) groups excluding carboxylic acids is 1. The topological polar surface area (TPSA) is 108 Å². The van der Waals surface area contributed by atoms with Gasteiger partial charge in [0.15, 0.2) is 0 Å². The van der Waals surface area contributed by atoms with Gasteiger partial charge in [0.1, 0.15) is 13.2 Å². The molecule has 1 amide bonds. The Labute approximate surface area is 347 Å². The third-order valence-corrected chi connectivity index (χ3v) is 11.6. The van der Waals surface area contributed by atoms with E-state index in [9.17, 15) is 19.4 Å². The molecule has 3 atom stereocenters. The molecular formula is C47H93N2O6P. The van der Waals surface area contributed by atoms with Gasteiger partial charge in [-0.3, -0.25) is 9.36 Å². The zero-order valence-corrected chi connectivity index (χ0v) is 38.5. The summed E-state index contributed by atoms with van der Waals surface area (Å²) in [6.07, 6.45) is 47.1. The minimum Gasteiger partial charge on any atom is -0.756 e. The van der Waals surface area contributed by atoms with Gasteiger partial charge in [-0.1, -0.05) is 212 Å². The predicted octanol–water partition coefficient (Wildman–Crippen LogP) is 12.7. The molecule has 0 spiro atoms. The number of allylic oxidation sites excluding steroid dienone is 3. The first kappa shape index (κ1) is 55.0. The minimum atomic E-state index is -4.58. The summed E-state index contributed by atoms with van der Waals surface area (Å²) < 4.78 is 23.1. The fourth-order valence-corrected chi connectivity index (χ4v) is 7.61. The first-order valence-electron chi connectivity index (χ1n) is 23.7. The number of phosphoric acid groups is 1. The highest BCUT2D eigenvalue weighted by Gasteiger charge is 2.23. The average molecular weight is 813 g/mol. The molecule has 0 saturated carbocycles. The van der Waals surface area contributed by atoms with Crippen molar-refractivity contribution in [1.29, 1.82) is 0 Å². The second kappa shape index (κ2) is 39.4. The van der Waals surface area contributed by atoms with Crippen molar-refractivity contribution in [1.82, 2.24) is 5.32 Å². The number of quaternary nitrogens is 1. The van der Waals surface area contributed by atoms with Gasteiger partial charge in [0.05, 0.1) is 39.9 Å². The number of hydrogen-bond acceptors (Lipinski definition) is 6. The number of nitrogens with one attached hydrogen (secondary N) is 1. The maximum Gasteiger partial charge on any atom is 0.268 e. The van der Waals surface area contributed by atoms with Gasteiger partial charge < -0.3 is 28.8 Å². The molecule has 0 heterocycles. The molecule has 0 radical (unpaired) electrons. The van der Waals surface area contributed by atoms with Crippen LogP contribution in [0.3, 0.4) is 0 Å². The Hall–Kier alpha value is -1.02. The Morgan fingerprint density at radius 2 is 1.00 bits per heavy atom. The summed E-state index contributed by atoms with van der Waals surface area (Å²) in [4.78, 5) is 25.2. The molecule has 0 rings (SSSR count). The van der Waals surface area contributed by atoms with Crippen LogP contribution in [0.1, 0.15) is 219 Å². The monoisotopic (exact) mass is 813 g/mol. The predicted molar refractivity (Wildman–Crippen MR) is 238 cm³/mol. The zero-order valence-electron chi connectivity index (χ0n) is 37.6. The molecule has 0 aromatic carbocycles. The van der Waals surface area contributed by atoms with Crippen LogP contribution in [0.25, 0.3) is 0 Å². The third kappa shape index (κ3) is 41.2. The molecule has 8 nitrogen and oxygen atoms in total. The SMILES string of the molecule is CCC/C=C/CC/C=C/C(O)C(COP(=O)([O-])OCC[N+](C)(C)C)NC(=O)CCCCCCCCCCCCCCCCCCCCCCCCCCCCC. The smallest absolute Gasteiger partial charge is 0.268 e. The second-order valence-corrected chi connectivity index (χ2v) is 18.9. The first-order valence-corrected chi connectivity index (χ1v) is 25.2. The Bertz CT molecular complexity index is 969. The van der Waals surface area contributed by atoms with E-state index in [-0.39, 0.29) is 12.5 Å². The molecule has 0 aliphatic rings. The Kier molecular flexibility index (Phi) is 38.7. The van der Waals surface area contributed by atoms with Gasteiger partial charge in [-0.05, 0) is 25.7 Å². The molecule has 3 unspecified atom stereocenters. The van der Waals surface area contributed by atoms with Gasteiger partial charge in [-0.15, -0.1) is 0 Å². The summed E-state index contributed by atoms with van der Waals surface area (Å²) in [6, 6.07) is -0.896. The van der Waals surface area contributed by atoms with Gasteiger partial charge in [0, 0.05) is 6.42 Å². The van der Waals surface area contributed by atoms with E-state index in [4.69, 9.17) is 9.05 Å². The lowest BCUT2D eigenvalue weighted by Gasteiger charge is -2.29. The van der Waals surface area contributed by atoms with Crippen LogP contribution in [0.15, 0.2) is 24.3 Å². The van der Waals surface area contributed by atoms with Gasteiger partial charge in [-0.25, -0.2) is 0 Å². The number of aliphatic hydroxyl groups excluding tert-OH is 1. The number of likely N-dealkylation sites (N-methyl/N-ethyl adjacent to an activating group) is 1. The summed E-state index contributed by atoms with van der Waals surface area (Å²) in [6.45, 7) is 4.53. The molecule has 0 aliphatic heterocycles. The number of carbonyl (C=O) groups is 1. The lowest BCUT2D eigenvalue weighted by molar-refractivity contribution is -0.870. The largest absolute Gasteiger partial charge is 0.756 e. The van der Waals surface area contributed by atoms with Crippen molar-refractivity contribution >= 4 is 13.7 Å². The van der Waals surface area contributed by atoms with Gasteiger partial charge >= 0.3 is 0 Å². The van der Waals surface area contributed by atoms with E-state index in [1.807, 2.05) is 27.2 Å². The van der Waals surface area contributed by atoms with Crippen molar-refractivity contribution in [3.8, 4) is 0 Å². The second-order valence-electron chi connectivity index (χ2n) is 17.5. The Balaban J connectivity index is 3.97. The maximum absolute atomic E-state index is 12.8. The van der Waals surface area contributed by atoms with Crippen LogP contribution < -0.4 is 10.2 Å². The highest BCUT2D eigenvalue weighted by Crippen LogP contribution is 2.38. The number of nitrogens with zero attached hydrogens (tertiary/aromatic N) is 1. The van der Waals surface area contributed by atoms with Crippen LogP contribution in [0.4, 0.5) is 0 Å². The molecular weight excluding hydrogens is 719 g/mol. The van der Waals surface area contributed by atoms with E-state index in [1.165, 1.54) is 154 Å². The summed E-state index contributed by atoms with van der Waals surface area (Å²) in [5, 5.41) is 13.6. The van der Waals surface area contributed by atoms with Crippen LogP contribution in [-0.2, 0) is 18.4 Å². The number of hydrogen-bond donors (Lipinski definition) is 2. The number of rotatable bonds is 43. The van der Waals surface area contributed by atoms with Crippen LogP contribution in [0.5, 0.6) is 0 Å². The molecule has 9 heteroatoms. The third-order valence-electron chi connectivity index (χ3n) is 10.6. The summed E-state index contributed by atoms with van der Waals surface area (Å²) in [5.74, 6) is -0.209. The quantitative estimate of drug-likeness (QED) is 0.0275. The van der Waals surface area contributed by atoms with E-state index in [0.29, 0.717) is 17.4 Å². The molecule has 0 aliphatic carbocycles. The molecule has 0 aromatic rings. The number of aliphatic hydroxyl groups is 1. The number of unbranched alkanes of at least 4 members (excludes halogenated alkanes) is 28. The van der Waals surface area contributed by atoms with Crippen molar-refractivity contribution in [2.24, 2.45) is 0 Å². The van der Waals surface area contributed by atoms with Crippen LogP contribution in [-0.4, -0.2) is 68.5 Å². The van der Waals surface area contributed by atoms with Crippen molar-refractivity contribution < 1.29 is 32.9 Å². The van der Waals surface area contributed by atoms with Crippen molar-refractivity contribution in [3.63, 3.8) is 0 Å². The molecule has 0 fully saturated rings. The fraction of sp³-hybridized carbons (Fsp3) is 0.894. The standard InChI is InChI=1S/C47H93N2O6P/c1-6-8-10-12-14-15-16-17-18-19-20-21-22-23-24-25-26-27-28-29-30-31-32-33-35-37-39-41-47(51)48-45(46(50)40-38-36-34-13-11-9-7-2)44-55-56(52,53)54-43-42-49(3,4)5/h11,13,38,40,45-46,50H,6-10,12,14-37,39,41-44H2,1-5H3,(H-,48,51,52,53)/b13-11+,40-38+. The lowest BCUT2D eigenvalue weighted by Crippen LogP contribution is -2.45. The average Bonchev–Trinajstić information content (AvgIpc) is 3.15. The summed E-state index contributed by atoms with van der Waals surface area (Å²) in [7, 11) is 1.25. The number of phosphoric ester groups is 1. The maximum atomic E-state index is 12.8. The Morgan fingerprint density at radius 3 is 1.41 bits per heavy atom. The minimum absolute atomic E-state index is 0.00502. The summed E-state index contributed by atoms with van der Waals surface area (Å²) >= 11 is 0. The zero-order chi connectivity index (χ0) is 41.4. The van der Waals surface area contributed by atoms with Crippen molar-refractivity contribution in [3.05, 3.63) is 24.3 Å².